The Bertz CT molecular complexity index is 849. The van der Waals surface area contributed by atoms with Gasteiger partial charge in [0.05, 0.1) is 12.5 Å². The molecule has 2 aromatic carbocycles. The maximum absolute atomic E-state index is 12.8. The second-order valence-electron chi connectivity index (χ2n) is 7.09. The maximum Gasteiger partial charge on any atom is 0.326 e. The predicted octanol–water partition coefficient (Wildman–Crippen LogP) is 2.93. The highest BCUT2D eigenvalue weighted by atomic mass is 16.4. The maximum atomic E-state index is 12.8. The summed E-state index contributed by atoms with van der Waals surface area (Å²) in [4.78, 5) is 38.3. The van der Waals surface area contributed by atoms with Gasteiger partial charge in [0.1, 0.15) is 6.04 Å². The van der Waals surface area contributed by atoms with Gasteiger partial charge in [0.25, 0.3) is 5.91 Å². The largest absolute Gasteiger partial charge is 0.480 e. The van der Waals surface area contributed by atoms with E-state index in [1.165, 1.54) is 4.90 Å². The summed E-state index contributed by atoms with van der Waals surface area (Å²) < 4.78 is 0. The standard InChI is InChI=1S/C22H24N2O4/c1-15-9-11-17(12-10-15)21(26)23-18(16-6-3-2-4-7-16)14-20(25)24-13-5-8-19(24)22(27)28/h2-4,6-7,9-12,18-19H,5,8,13-14H2,1H3,(H,23,26)(H,27,28)/t18?,19-/m1/s1. The lowest BCUT2D eigenvalue weighted by atomic mass is 10.0. The van der Waals surface area contributed by atoms with E-state index in [1.54, 1.807) is 12.1 Å². The number of carbonyl (C=O) groups is 3. The van der Waals surface area contributed by atoms with E-state index in [-0.39, 0.29) is 18.2 Å². The van der Waals surface area contributed by atoms with Gasteiger partial charge in [-0.1, -0.05) is 48.0 Å². The van der Waals surface area contributed by atoms with Crippen LogP contribution in [0.2, 0.25) is 0 Å². The number of hydrogen-bond donors (Lipinski definition) is 2. The second-order valence-corrected chi connectivity index (χ2v) is 7.09. The molecule has 1 saturated heterocycles. The van der Waals surface area contributed by atoms with Crippen molar-refractivity contribution in [2.45, 2.75) is 38.3 Å². The van der Waals surface area contributed by atoms with Crippen molar-refractivity contribution in [2.75, 3.05) is 6.54 Å². The highest BCUT2D eigenvalue weighted by Gasteiger charge is 2.35. The van der Waals surface area contributed by atoms with Crippen LogP contribution >= 0.6 is 0 Å². The zero-order chi connectivity index (χ0) is 20.1. The number of amides is 2. The number of carboxylic acid groups (broad SMARTS) is 1. The molecule has 1 fully saturated rings. The third kappa shape index (κ3) is 4.57. The molecule has 0 aromatic heterocycles. The molecule has 1 aliphatic rings. The molecule has 2 amide bonds. The van der Waals surface area contributed by atoms with Crippen LogP contribution in [0.5, 0.6) is 0 Å². The fraction of sp³-hybridized carbons (Fsp3) is 0.318. The van der Waals surface area contributed by atoms with E-state index in [1.807, 2.05) is 49.4 Å². The summed E-state index contributed by atoms with van der Waals surface area (Å²) >= 11 is 0. The first kappa shape index (κ1) is 19.6. The van der Waals surface area contributed by atoms with Crippen LogP contribution in [0.15, 0.2) is 54.6 Å². The quantitative estimate of drug-likeness (QED) is 0.807. The molecular weight excluding hydrogens is 356 g/mol. The molecule has 0 aliphatic carbocycles. The number of hydrogen-bond acceptors (Lipinski definition) is 3. The second kappa shape index (κ2) is 8.69. The number of aryl methyl sites for hydroxylation is 1. The number of nitrogens with zero attached hydrogens (tertiary/aromatic N) is 1. The van der Waals surface area contributed by atoms with Gasteiger partial charge in [-0.05, 0) is 37.5 Å². The summed E-state index contributed by atoms with van der Waals surface area (Å²) in [6, 6.07) is 15.2. The molecule has 146 valence electrons. The molecule has 2 aromatic rings. The van der Waals surface area contributed by atoms with Gasteiger partial charge in [-0.25, -0.2) is 4.79 Å². The Morgan fingerprint density at radius 3 is 2.43 bits per heavy atom. The lowest BCUT2D eigenvalue weighted by Crippen LogP contribution is -2.42. The van der Waals surface area contributed by atoms with E-state index in [4.69, 9.17) is 0 Å². The first-order valence-electron chi connectivity index (χ1n) is 9.40. The van der Waals surface area contributed by atoms with Crippen LogP contribution in [0, 0.1) is 6.92 Å². The van der Waals surface area contributed by atoms with Crippen LogP contribution in [0.4, 0.5) is 0 Å². The Morgan fingerprint density at radius 1 is 1.11 bits per heavy atom. The predicted molar refractivity (Wildman–Crippen MR) is 105 cm³/mol. The van der Waals surface area contributed by atoms with E-state index in [9.17, 15) is 19.5 Å². The third-order valence-corrected chi connectivity index (χ3v) is 5.06. The molecule has 0 saturated carbocycles. The van der Waals surface area contributed by atoms with Crippen LogP contribution in [-0.2, 0) is 9.59 Å². The third-order valence-electron chi connectivity index (χ3n) is 5.06. The molecule has 6 heteroatoms. The minimum Gasteiger partial charge on any atom is -0.480 e. The smallest absolute Gasteiger partial charge is 0.326 e. The van der Waals surface area contributed by atoms with E-state index in [2.05, 4.69) is 5.32 Å². The van der Waals surface area contributed by atoms with E-state index in [0.29, 0.717) is 24.9 Å². The lowest BCUT2D eigenvalue weighted by Gasteiger charge is -2.25. The summed E-state index contributed by atoms with van der Waals surface area (Å²) in [7, 11) is 0. The molecule has 28 heavy (non-hydrogen) atoms. The average Bonchev–Trinajstić information content (AvgIpc) is 3.19. The van der Waals surface area contributed by atoms with Gasteiger partial charge >= 0.3 is 5.97 Å². The van der Waals surface area contributed by atoms with Crippen LogP contribution in [0.3, 0.4) is 0 Å². The molecule has 0 radical (unpaired) electrons. The summed E-state index contributed by atoms with van der Waals surface area (Å²) in [6.07, 6.45) is 1.16. The highest BCUT2D eigenvalue weighted by Crippen LogP contribution is 2.23. The minimum atomic E-state index is -0.981. The monoisotopic (exact) mass is 380 g/mol. The van der Waals surface area contributed by atoms with Crippen LogP contribution in [-0.4, -0.2) is 40.4 Å². The van der Waals surface area contributed by atoms with E-state index < -0.39 is 18.1 Å². The van der Waals surface area contributed by atoms with Crippen molar-refractivity contribution in [1.29, 1.82) is 0 Å². The molecule has 6 nitrogen and oxygen atoms in total. The van der Waals surface area contributed by atoms with Gasteiger partial charge in [-0.15, -0.1) is 0 Å². The molecule has 3 rings (SSSR count). The fourth-order valence-electron chi connectivity index (χ4n) is 3.50. The van der Waals surface area contributed by atoms with Gasteiger partial charge in [-0.3, -0.25) is 9.59 Å². The Hall–Kier alpha value is -3.15. The molecular formula is C22H24N2O4. The van der Waals surface area contributed by atoms with Gasteiger partial charge in [0, 0.05) is 12.1 Å². The highest BCUT2D eigenvalue weighted by molar-refractivity contribution is 5.95. The molecule has 0 bridgehead atoms. The Kier molecular flexibility index (Phi) is 6.09. The number of carbonyl (C=O) groups excluding carboxylic acids is 2. The molecule has 1 unspecified atom stereocenters. The van der Waals surface area contributed by atoms with Crippen molar-refractivity contribution < 1.29 is 19.5 Å². The summed E-state index contributed by atoms with van der Waals surface area (Å²) in [5.74, 6) is -1.51. The van der Waals surface area contributed by atoms with Gasteiger partial charge in [0.15, 0.2) is 0 Å². The normalized spacial score (nSPS) is 17.2. The van der Waals surface area contributed by atoms with E-state index in [0.717, 1.165) is 11.1 Å². The zero-order valence-corrected chi connectivity index (χ0v) is 15.8. The zero-order valence-electron chi connectivity index (χ0n) is 15.8. The number of carboxylic acids is 1. The van der Waals surface area contributed by atoms with Crippen molar-refractivity contribution in [3.63, 3.8) is 0 Å². The number of nitrogens with one attached hydrogen (secondary N) is 1. The Morgan fingerprint density at radius 2 is 1.79 bits per heavy atom. The average molecular weight is 380 g/mol. The number of likely N-dealkylation sites (tertiary alicyclic amines) is 1. The molecule has 1 heterocycles. The van der Waals surface area contributed by atoms with Crippen LogP contribution < -0.4 is 5.32 Å². The van der Waals surface area contributed by atoms with E-state index >= 15 is 0 Å². The fourth-order valence-corrected chi connectivity index (χ4v) is 3.50. The molecule has 1 aliphatic heterocycles. The first-order chi connectivity index (χ1) is 13.5. The van der Waals surface area contributed by atoms with Crippen LogP contribution in [0.25, 0.3) is 0 Å². The molecule has 0 spiro atoms. The number of benzene rings is 2. The van der Waals surface area contributed by atoms with Crippen molar-refractivity contribution >= 4 is 17.8 Å². The topological polar surface area (TPSA) is 86.7 Å². The van der Waals surface area contributed by atoms with Crippen molar-refractivity contribution in [1.82, 2.24) is 10.2 Å². The number of rotatable bonds is 6. The van der Waals surface area contributed by atoms with Gasteiger partial charge in [-0.2, -0.15) is 0 Å². The van der Waals surface area contributed by atoms with Crippen LogP contribution in [0.1, 0.15) is 46.8 Å². The summed E-state index contributed by atoms with van der Waals surface area (Å²) in [5, 5.41) is 12.3. The molecule has 2 N–H and O–H groups in total. The Balaban J connectivity index is 1.78. The van der Waals surface area contributed by atoms with Crippen molar-refractivity contribution in [3.8, 4) is 0 Å². The van der Waals surface area contributed by atoms with Gasteiger partial charge < -0.3 is 15.3 Å². The first-order valence-corrected chi connectivity index (χ1v) is 9.40. The molecule has 2 atom stereocenters. The SMILES string of the molecule is Cc1ccc(C(=O)NC(CC(=O)N2CCC[C@@H]2C(=O)O)c2ccccc2)cc1. The summed E-state index contributed by atoms with van der Waals surface area (Å²) in [5.41, 5.74) is 2.38. The van der Waals surface area contributed by atoms with Crippen molar-refractivity contribution in [2.24, 2.45) is 0 Å². The van der Waals surface area contributed by atoms with Gasteiger partial charge in [0.2, 0.25) is 5.91 Å². The number of aliphatic carboxylic acids is 1. The Labute approximate surface area is 164 Å². The lowest BCUT2D eigenvalue weighted by molar-refractivity contribution is -0.148. The van der Waals surface area contributed by atoms with Crippen molar-refractivity contribution in [3.05, 3.63) is 71.3 Å². The summed E-state index contributed by atoms with van der Waals surface area (Å²) in [6.45, 7) is 2.38. The minimum absolute atomic E-state index is 0.0192.